The molecule has 1 aromatic carbocycles. The number of rotatable bonds is 9. The summed E-state index contributed by atoms with van der Waals surface area (Å²) < 4.78 is 25.0. The number of anilines is 1. The Balaban J connectivity index is 2.53. The predicted octanol–water partition coefficient (Wildman–Crippen LogP) is 4.11. The van der Waals surface area contributed by atoms with E-state index < -0.39 is 11.8 Å². The summed E-state index contributed by atoms with van der Waals surface area (Å²) in [6, 6.07) is 6.30. The van der Waals surface area contributed by atoms with Crippen LogP contribution in [0.3, 0.4) is 0 Å². The molecule has 6 heteroatoms. The van der Waals surface area contributed by atoms with Gasteiger partial charge in [0.2, 0.25) is 5.91 Å². The van der Waals surface area contributed by atoms with Crippen LogP contribution in [-0.4, -0.2) is 24.3 Å². The van der Waals surface area contributed by atoms with Gasteiger partial charge in [-0.2, -0.15) is 8.78 Å². The van der Waals surface area contributed by atoms with Crippen molar-refractivity contribution in [3.63, 3.8) is 0 Å². The molecule has 1 aromatic rings. The van der Waals surface area contributed by atoms with Crippen molar-refractivity contribution < 1.29 is 13.6 Å². The molecule has 0 aliphatic rings. The zero-order valence-electron chi connectivity index (χ0n) is 12.4. The number of hydrogen-bond donors (Lipinski definition) is 2. The number of unbranched alkanes of at least 4 members (excludes halogenated alkanes) is 2. The lowest BCUT2D eigenvalue weighted by Crippen LogP contribution is -2.38. The van der Waals surface area contributed by atoms with Gasteiger partial charge in [0.25, 0.3) is 5.76 Å². The van der Waals surface area contributed by atoms with Crippen molar-refractivity contribution in [1.82, 2.24) is 5.32 Å². The summed E-state index contributed by atoms with van der Waals surface area (Å²) in [5, 5.41) is 5.83. The maximum absolute atomic E-state index is 12.5. The number of carbonyl (C=O) groups is 1. The standard InChI is InChI=1S/C15H22F2N2OS/c1-3-4-7-10-18-14(20)11(2)19-12-8-5-6-9-13(12)21-15(16)17/h5-6,8-9,11,15,19H,3-4,7,10H2,1-2H3,(H,18,20). The summed E-state index contributed by atoms with van der Waals surface area (Å²) in [6.45, 7) is 4.47. The van der Waals surface area contributed by atoms with E-state index in [0.29, 0.717) is 28.9 Å². The molecule has 3 nitrogen and oxygen atoms in total. The summed E-state index contributed by atoms with van der Waals surface area (Å²) in [5.74, 6) is -2.60. The molecule has 0 spiro atoms. The van der Waals surface area contributed by atoms with Gasteiger partial charge >= 0.3 is 0 Å². The summed E-state index contributed by atoms with van der Waals surface area (Å²) >= 11 is 0.476. The van der Waals surface area contributed by atoms with E-state index in [1.165, 1.54) is 0 Å². The van der Waals surface area contributed by atoms with Crippen LogP contribution >= 0.6 is 11.8 Å². The van der Waals surface area contributed by atoms with Gasteiger partial charge in [-0.05, 0) is 25.5 Å². The predicted molar refractivity (Wildman–Crippen MR) is 83.9 cm³/mol. The third-order valence-corrected chi connectivity index (χ3v) is 3.74. The number of amides is 1. The largest absolute Gasteiger partial charge is 0.373 e. The second-order valence-electron chi connectivity index (χ2n) is 4.74. The number of alkyl halides is 2. The molecule has 0 heterocycles. The molecule has 21 heavy (non-hydrogen) atoms. The molecule has 118 valence electrons. The van der Waals surface area contributed by atoms with Crippen molar-refractivity contribution >= 4 is 23.4 Å². The maximum atomic E-state index is 12.5. The summed E-state index contributed by atoms with van der Waals surface area (Å²) in [4.78, 5) is 12.4. The molecule has 0 aliphatic heterocycles. The maximum Gasteiger partial charge on any atom is 0.288 e. The molecule has 2 N–H and O–H groups in total. The van der Waals surface area contributed by atoms with Gasteiger partial charge in [0.15, 0.2) is 0 Å². The van der Waals surface area contributed by atoms with Gasteiger partial charge in [0.1, 0.15) is 6.04 Å². The molecule has 1 amide bonds. The first-order valence-corrected chi connectivity index (χ1v) is 8.00. The molecular weight excluding hydrogens is 294 g/mol. The lowest BCUT2D eigenvalue weighted by molar-refractivity contribution is -0.121. The normalized spacial score (nSPS) is 12.2. The molecule has 1 rings (SSSR count). The number of para-hydroxylation sites is 1. The number of nitrogens with one attached hydrogen (secondary N) is 2. The van der Waals surface area contributed by atoms with Crippen LogP contribution in [-0.2, 0) is 4.79 Å². The van der Waals surface area contributed by atoms with Crippen molar-refractivity contribution in [2.45, 2.75) is 49.8 Å². The lowest BCUT2D eigenvalue weighted by Gasteiger charge is -2.17. The zero-order valence-corrected chi connectivity index (χ0v) is 13.2. The molecule has 0 radical (unpaired) electrons. The molecule has 0 aromatic heterocycles. The lowest BCUT2D eigenvalue weighted by atomic mass is 10.2. The van der Waals surface area contributed by atoms with Crippen molar-refractivity contribution in [2.24, 2.45) is 0 Å². The van der Waals surface area contributed by atoms with Crippen LogP contribution in [0.15, 0.2) is 29.2 Å². The average Bonchev–Trinajstić information content (AvgIpc) is 2.45. The van der Waals surface area contributed by atoms with E-state index in [1.54, 1.807) is 31.2 Å². The molecule has 0 fully saturated rings. The Bertz CT molecular complexity index is 443. The van der Waals surface area contributed by atoms with Gasteiger partial charge in [0, 0.05) is 17.1 Å². The fraction of sp³-hybridized carbons (Fsp3) is 0.533. The smallest absolute Gasteiger partial charge is 0.288 e. The Hall–Kier alpha value is -1.30. The van der Waals surface area contributed by atoms with E-state index in [9.17, 15) is 13.6 Å². The first-order valence-electron chi connectivity index (χ1n) is 7.12. The third kappa shape index (κ3) is 6.80. The minimum atomic E-state index is -2.48. The summed E-state index contributed by atoms with van der Waals surface area (Å²) in [5.41, 5.74) is 0.555. The fourth-order valence-corrected chi connectivity index (χ4v) is 2.43. The van der Waals surface area contributed by atoms with Gasteiger partial charge in [-0.3, -0.25) is 4.79 Å². The van der Waals surface area contributed by atoms with Crippen LogP contribution in [0.4, 0.5) is 14.5 Å². The zero-order chi connectivity index (χ0) is 15.7. The van der Waals surface area contributed by atoms with E-state index in [4.69, 9.17) is 0 Å². The number of thioether (sulfide) groups is 1. The molecule has 1 unspecified atom stereocenters. The van der Waals surface area contributed by atoms with Gasteiger partial charge < -0.3 is 10.6 Å². The number of hydrogen-bond acceptors (Lipinski definition) is 3. The van der Waals surface area contributed by atoms with E-state index in [0.717, 1.165) is 19.3 Å². The number of benzene rings is 1. The first-order chi connectivity index (χ1) is 10.0. The molecule has 0 aliphatic carbocycles. The first kappa shape index (κ1) is 17.8. The van der Waals surface area contributed by atoms with Crippen molar-refractivity contribution in [3.8, 4) is 0 Å². The Labute approximate surface area is 128 Å². The quantitative estimate of drug-likeness (QED) is 0.532. The second kappa shape index (κ2) is 9.60. The van der Waals surface area contributed by atoms with E-state index in [-0.39, 0.29) is 5.91 Å². The Morgan fingerprint density at radius 3 is 2.67 bits per heavy atom. The fourth-order valence-electron chi connectivity index (χ4n) is 1.82. The van der Waals surface area contributed by atoms with Crippen molar-refractivity contribution in [2.75, 3.05) is 11.9 Å². The van der Waals surface area contributed by atoms with E-state index in [1.807, 2.05) is 0 Å². The number of halogens is 2. The molecular formula is C15H22F2N2OS. The van der Waals surface area contributed by atoms with Gasteiger partial charge in [-0.1, -0.05) is 43.7 Å². The highest BCUT2D eigenvalue weighted by Crippen LogP contribution is 2.31. The van der Waals surface area contributed by atoms with E-state index >= 15 is 0 Å². The van der Waals surface area contributed by atoms with Crippen LogP contribution in [0, 0.1) is 0 Å². The van der Waals surface area contributed by atoms with Gasteiger partial charge in [-0.15, -0.1) is 0 Å². The second-order valence-corrected chi connectivity index (χ2v) is 5.77. The molecule has 1 atom stereocenters. The van der Waals surface area contributed by atoms with Crippen LogP contribution < -0.4 is 10.6 Å². The molecule has 0 saturated heterocycles. The third-order valence-electron chi connectivity index (χ3n) is 2.95. The minimum Gasteiger partial charge on any atom is -0.373 e. The summed E-state index contributed by atoms with van der Waals surface area (Å²) in [7, 11) is 0. The van der Waals surface area contributed by atoms with Crippen LogP contribution in [0.1, 0.15) is 33.1 Å². The van der Waals surface area contributed by atoms with Crippen LogP contribution in [0.25, 0.3) is 0 Å². The van der Waals surface area contributed by atoms with Crippen LogP contribution in [0.2, 0.25) is 0 Å². The Morgan fingerprint density at radius 2 is 2.00 bits per heavy atom. The highest BCUT2D eigenvalue weighted by molar-refractivity contribution is 7.99. The van der Waals surface area contributed by atoms with Gasteiger partial charge in [0.05, 0.1) is 0 Å². The Morgan fingerprint density at radius 1 is 1.29 bits per heavy atom. The van der Waals surface area contributed by atoms with Crippen molar-refractivity contribution in [3.05, 3.63) is 24.3 Å². The highest BCUT2D eigenvalue weighted by Gasteiger charge is 2.15. The molecule has 0 saturated carbocycles. The van der Waals surface area contributed by atoms with Gasteiger partial charge in [-0.25, -0.2) is 0 Å². The topological polar surface area (TPSA) is 41.1 Å². The van der Waals surface area contributed by atoms with Crippen molar-refractivity contribution in [1.29, 1.82) is 0 Å². The Kier molecular flexibility index (Phi) is 8.12. The number of carbonyl (C=O) groups excluding carboxylic acids is 1. The molecule has 0 bridgehead atoms. The average molecular weight is 316 g/mol. The monoisotopic (exact) mass is 316 g/mol. The van der Waals surface area contributed by atoms with E-state index in [2.05, 4.69) is 17.6 Å². The SMILES string of the molecule is CCCCCNC(=O)C(C)Nc1ccccc1SC(F)F. The minimum absolute atomic E-state index is 0.122. The highest BCUT2D eigenvalue weighted by atomic mass is 32.2. The van der Waals surface area contributed by atoms with Crippen LogP contribution in [0.5, 0.6) is 0 Å². The summed E-state index contributed by atoms with van der Waals surface area (Å²) in [6.07, 6.45) is 3.13.